The van der Waals surface area contributed by atoms with Gasteiger partial charge in [0, 0.05) is 32.9 Å². The standard InChI is InChI=1S/C20H23N5O2/c1-23-12-15(19(21)26)9-18(23)20(27)24-8-4-5-14(10-24)11-25-13-22-16-6-2-3-7-17(16)25/h2-3,6-7,9,12-14H,4-5,8,10-11H2,1H3,(H2,21,26). The third-order valence-electron chi connectivity index (χ3n) is 5.30. The molecule has 0 bridgehead atoms. The lowest BCUT2D eigenvalue weighted by atomic mass is 9.97. The van der Waals surface area contributed by atoms with Crippen molar-refractivity contribution in [1.82, 2.24) is 19.0 Å². The maximum Gasteiger partial charge on any atom is 0.270 e. The molecule has 2 N–H and O–H groups in total. The smallest absolute Gasteiger partial charge is 0.270 e. The molecule has 0 spiro atoms. The number of nitrogens with zero attached hydrogens (tertiary/aromatic N) is 4. The Bertz CT molecular complexity index is 1000. The van der Waals surface area contributed by atoms with Crippen LogP contribution in [0.2, 0.25) is 0 Å². The Hall–Kier alpha value is -3.09. The molecule has 7 heteroatoms. The summed E-state index contributed by atoms with van der Waals surface area (Å²) in [4.78, 5) is 30.7. The first-order valence-electron chi connectivity index (χ1n) is 9.18. The molecule has 1 aliphatic heterocycles. The van der Waals surface area contributed by atoms with Crippen molar-refractivity contribution >= 4 is 22.8 Å². The van der Waals surface area contributed by atoms with E-state index < -0.39 is 5.91 Å². The van der Waals surface area contributed by atoms with E-state index in [0.717, 1.165) is 37.0 Å². The number of piperidine rings is 1. The fourth-order valence-electron chi connectivity index (χ4n) is 3.91. The van der Waals surface area contributed by atoms with Gasteiger partial charge >= 0.3 is 0 Å². The summed E-state index contributed by atoms with van der Waals surface area (Å²) in [6.07, 6.45) is 5.53. The van der Waals surface area contributed by atoms with Gasteiger partial charge in [-0.3, -0.25) is 9.59 Å². The Morgan fingerprint density at radius 3 is 2.89 bits per heavy atom. The molecule has 2 amide bonds. The van der Waals surface area contributed by atoms with Gasteiger partial charge in [0.25, 0.3) is 5.91 Å². The van der Waals surface area contributed by atoms with Gasteiger partial charge in [-0.15, -0.1) is 0 Å². The maximum atomic E-state index is 13.0. The summed E-state index contributed by atoms with van der Waals surface area (Å²) in [5.41, 5.74) is 8.30. The second-order valence-corrected chi connectivity index (χ2v) is 7.23. The number of primary amides is 1. The van der Waals surface area contributed by atoms with Crippen molar-refractivity contribution in [2.75, 3.05) is 13.1 Å². The zero-order valence-electron chi connectivity index (χ0n) is 15.3. The number of carbonyl (C=O) groups is 2. The predicted molar refractivity (Wildman–Crippen MR) is 102 cm³/mol. The van der Waals surface area contributed by atoms with E-state index >= 15 is 0 Å². The van der Waals surface area contributed by atoms with Gasteiger partial charge in [0.05, 0.1) is 22.9 Å². The third-order valence-corrected chi connectivity index (χ3v) is 5.30. The van der Waals surface area contributed by atoms with Gasteiger partial charge < -0.3 is 19.8 Å². The molecule has 140 valence electrons. The quantitative estimate of drug-likeness (QED) is 0.767. The number of hydrogen-bond acceptors (Lipinski definition) is 3. The van der Waals surface area contributed by atoms with Crippen LogP contribution in [0.5, 0.6) is 0 Å². The molecule has 3 heterocycles. The number of aryl methyl sites for hydroxylation is 1. The molecular formula is C20H23N5O2. The Labute approximate surface area is 157 Å². The minimum atomic E-state index is -0.520. The highest BCUT2D eigenvalue weighted by molar-refractivity contribution is 5.98. The number of carbonyl (C=O) groups excluding carboxylic acids is 2. The number of rotatable bonds is 4. The van der Waals surface area contributed by atoms with E-state index in [1.807, 2.05) is 29.4 Å². The molecule has 1 aliphatic rings. The van der Waals surface area contributed by atoms with E-state index in [9.17, 15) is 9.59 Å². The van der Waals surface area contributed by atoms with Crippen LogP contribution in [0.15, 0.2) is 42.9 Å². The monoisotopic (exact) mass is 365 g/mol. The van der Waals surface area contributed by atoms with E-state index in [-0.39, 0.29) is 5.91 Å². The van der Waals surface area contributed by atoms with E-state index in [4.69, 9.17) is 5.73 Å². The maximum absolute atomic E-state index is 13.0. The van der Waals surface area contributed by atoms with Gasteiger partial charge in [0.2, 0.25) is 5.91 Å². The number of benzene rings is 1. The van der Waals surface area contributed by atoms with Crippen molar-refractivity contribution in [3.63, 3.8) is 0 Å². The second kappa shape index (κ2) is 6.90. The summed E-state index contributed by atoms with van der Waals surface area (Å²) in [6.45, 7) is 2.27. The van der Waals surface area contributed by atoms with Gasteiger partial charge in [0.15, 0.2) is 0 Å². The highest BCUT2D eigenvalue weighted by Gasteiger charge is 2.27. The van der Waals surface area contributed by atoms with Gasteiger partial charge in [-0.2, -0.15) is 0 Å². The topological polar surface area (TPSA) is 86.1 Å². The first kappa shape index (κ1) is 17.3. The van der Waals surface area contributed by atoms with Crippen molar-refractivity contribution in [3.05, 3.63) is 54.1 Å². The molecule has 1 saturated heterocycles. The van der Waals surface area contributed by atoms with Gasteiger partial charge in [-0.25, -0.2) is 4.98 Å². The number of nitrogens with two attached hydrogens (primary N) is 1. The summed E-state index contributed by atoms with van der Waals surface area (Å²) in [5.74, 6) is -0.200. The van der Waals surface area contributed by atoms with Crippen LogP contribution < -0.4 is 5.73 Å². The molecule has 27 heavy (non-hydrogen) atoms. The molecule has 2 aromatic heterocycles. The summed E-state index contributed by atoms with van der Waals surface area (Å²) in [7, 11) is 1.76. The third kappa shape index (κ3) is 3.32. The minimum absolute atomic E-state index is 0.0508. The number of fused-ring (bicyclic) bond motifs is 1. The van der Waals surface area contributed by atoms with E-state index in [1.54, 1.807) is 23.9 Å². The van der Waals surface area contributed by atoms with E-state index in [2.05, 4.69) is 15.6 Å². The first-order valence-corrected chi connectivity index (χ1v) is 9.18. The van der Waals surface area contributed by atoms with E-state index in [0.29, 0.717) is 23.7 Å². The van der Waals surface area contributed by atoms with Crippen molar-refractivity contribution < 1.29 is 9.59 Å². The Morgan fingerprint density at radius 1 is 1.30 bits per heavy atom. The summed E-state index contributed by atoms with van der Waals surface area (Å²) < 4.78 is 3.84. The first-order chi connectivity index (χ1) is 13.0. The average Bonchev–Trinajstić information content (AvgIpc) is 3.25. The average molecular weight is 365 g/mol. The molecule has 0 aliphatic carbocycles. The molecule has 7 nitrogen and oxygen atoms in total. The molecule has 1 unspecified atom stereocenters. The summed E-state index contributed by atoms with van der Waals surface area (Å²) in [5, 5.41) is 0. The number of para-hydroxylation sites is 2. The van der Waals surface area contributed by atoms with Crippen molar-refractivity contribution in [3.8, 4) is 0 Å². The van der Waals surface area contributed by atoms with Crippen LogP contribution in [0.1, 0.15) is 33.7 Å². The van der Waals surface area contributed by atoms with Crippen LogP contribution in [0.3, 0.4) is 0 Å². The lowest BCUT2D eigenvalue weighted by Gasteiger charge is -2.33. The van der Waals surface area contributed by atoms with Crippen LogP contribution in [-0.2, 0) is 13.6 Å². The summed E-state index contributed by atoms with van der Waals surface area (Å²) >= 11 is 0. The van der Waals surface area contributed by atoms with Crippen molar-refractivity contribution in [2.45, 2.75) is 19.4 Å². The number of hydrogen-bond donors (Lipinski definition) is 1. The molecule has 1 aromatic carbocycles. The normalized spacial score (nSPS) is 17.4. The second-order valence-electron chi connectivity index (χ2n) is 7.23. The Kier molecular flexibility index (Phi) is 4.43. The fourth-order valence-corrected chi connectivity index (χ4v) is 3.91. The molecule has 1 atom stereocenters. The number of aromatic nitrogens is 3. The molecule has 3 aromatic rings. The predicted octanol–water partition coefficient (Wildman–Crippen LogP) is 2.03. The highest BCUT2D eigenvalue weighted by atomic mass is 16.2. The van der Waals surface area contributed by atoms with Crippen molar-refractivity contribution in [1.29, 1.82) is 0 Å². The van der Waals surface area contributed by atoms with Gasteiger partial charge in [-0.1, -0.05) is 12.1 Å². The summed E-state index contributed by atoms with van der Waals surface area (Å²) in [6, 6.07) is 9.67. The SMILES string of the molecule is Cn1cc(C(N)=O)cc1C(=O)N1CCCC(Cn2cnc3ccccc32)C1. The molecule has 0 saturated carbocycles. The molecule has 1 fully saturated rings. The van der Waals surface area contributed by atoms with Crippen molar-refractivity contribution in [2.24, 2.45) is 18.7 Å². The van der Waals surface area contributed by atoms with Crippen LogP contribution in [0, 0.1) is 5.92 Å². The van der Waals surface area contributed by atoms with E-state index in [1.165, 1.54) is 0 Å². The fraction of sp³-hybridized carbons (Fsp3) is 0.350. The van der Waals surface area contributed by atoms with Crippen LogP contribution >= 0.6 is 0 Å². The zero-order chi connectivity index (χ0) is 19.0. The molecular weight excluding hydrogens is 342 g/mol. The number of amides is 2. The number of likely N-dealkylation sites (tertiary alicyclic amines) is 1. The van der Waals surface area contributed by atoms with Gasteiger partial charge in [-0.05, 0) is 37.0 Å². The largest absolute Gasteiger partial charge is 0.366 e. The van der Waals surface area contributed by atoms with Crippen LogP contribution in [0.4, 0.5) is 0 Å². The highest BCUT2D eigenvalue weighted by Crippen LogP contribution is 2.23. The lowest BCUT2D eigenvalue weighted by Crippen LogP contribution is -2.41. The minimum Gasteiger partial charge on any atom is -0.366 e. The van der Waals surface area contributed by atoms with Crippen LogP contribution in [-0.4, -0.2) is 43.9 Å². The Balaban J connectivity index is 1.49. The lowest BCUT2D eigenvalue weighted by molar-refractivity contribution is 0.0653. The van der Waals surface area contributed by atoms with Crippen LogP contribution in [0.25, 0.3) is 11.0 Å². The number of imidazole rings is 1. The molecule has 4 rings (SSSR count). The molecule has 0 radical (unpaired) electrons. The van der Waals surface area contributed by atoms with Gasteiger partial charge in [0.1, 0.15) is 5.69 Å². The Morgan fingerprint density at radius 2 is 2.11 bits per heavy atom. The zero-order valence-corrected chi connectivity index (χ0v) is 15.3.